The molecule has 0 spiro atoms. The molecule has 0 saturated carbocycles. The molecule has 0 amide bonds. The van der Waals surface area contributed by atoms with Gasteiger partial charge in [-0.05, 0) is 19.4 Å². The molecule has 3 heteroatoms. The molecular formula is C10H19N3. The number of hydrogen-bond acceptors (Lipinski definition) is 2. The molecule has 1 atom stereocenters. The fraction of sp³-hybridized carbons (Fsp3) is 0.700. The molecule has 0 aliphatic carbocycles. The van der Waals surface area contributed by atoms with E-state index >= 15 is 0 Å². The number of aromatic nitrogens is 2. The summed E-state index contributed by atoms with van der Waals surface area (Å²) >= 11 is 0. The lowest BCUT2D eigenvalue weighted by molar-refractivity contribution is 0.494. The Morgan fingerprint density at radius 1 is 1.54 bits per heavy atom. The highest BCUT2D eigenvalue weighted by atomic mass is 15.1. The molecule has 1 aromatic rings. The average Bonchev–Trinajstić information content (AvgIpc) is 2.54. The van der Waals surface area contributed by atoms with Crippen LogP contribution in [0.2, 0.25) is 0 Å². The molecule has 1 rings (SSSR count). The Morgan fingerprint density at radius 3 is 2.77 bits per heavy atom. The SMILES string of the molecule is CCCNC(CC)c1cncn1C. The fourth-order valence-electron chi connectivity index (χ4n) is 1.48. The maximum absolute atomic E-state index is 4.12. The number of imidazole rings is 1. The summed E-state index contributed by atoms with van der Waals surface area (Å²) in [5.41, 5.74) is 1.27. The minimum Gasteiger partial charge on any atom is -0.336 e. The minimum absolute atomic E-state index is 0.451. The van der Waals surface area contributed by atoms with Gasteiger partial charge in [-0.3, -0.25) is 0 Å². The van der Waals surface area contributed by atoms with Crippen molar-refractivity contribution >= 4 is 0 Å². The zero-order valence-corrected chi connectivity index (χ0v) is 8.75. The number of aryl methyl sites for hydroxylation is 1. The van der Waals surface area contributed by atoms with Crippen LogP contribution in [0.4, 0.5) is 0 Å². The van der Waals surface area contributed by atoms with Crippen molar-refractivity contribution < 1.29 is 0 Å². The maximum atomic E-state index is 4.12. The van der Waals surface area contributed by atoms with Crippen molar-refractivity contribution in [2.24, 2.45) is 7.05 Å². The van der Waals surface area contributed by atoms with Crippen molar-refractivity contribution in [2.45, 2.75) is 32.7 Å². The lowest BCUT2D eigenvalue weighted by atomic mass is 10.1. The molecule has 13 heavy (non-hydrogen) atoms. The van der Waals surface area contributed by atoms with E-state index in [0.717, 1.165) is 13.0 Å². The predicted octanol–water partition coefficient (Wildman–Crippen LogP) is 1.87. The Bertz CT molecular complexity index is 242. The molecule has 0 fully saturated rings. The van der Waals surface area contributed by atoms with Crippen molar-refractivity contribution in [2.75, 3.05) is 6.54 Å². The third kappa shape index (κ3) is 2.56. The first-order chi connectivity index (χ1) is 6.29. The van der Waals surface area contributed by atoms with Crippen molar-refractivity contribution in [3.63, 3.8) is 0 Å². The van der Waals surface area contributed by atoms with Gasteiger partial charge in [0.2, 0.25) is 0 Å². The lowest BCUT2D eigenvalue weighted by Crippen LogP contribution is -2.23. The minimum atomic E-state index is 0.451. The van der Waals surface area contributed by atoms with E-state index < -0.39 is 0 Å². The highest BCUT2D eigenvalue weighted by molar-refractivity contribution is 5.04. The Morgan fingerprint density at radius 2 is 2.31 bits per heavy atom. The standard InChI is InChI=1S/C10H19N3/c1-4-6-12-9(5-2)10-7-11-8-13(10)3/h7-9,12H,4-6H2,1-3H3. The number of rotatable bonds is 5. The summed E-state index contributed by atoms with van der Waals surface area (Å²) in [6.45, 7) is 5.45. The van der Waals surface area contributed by atoms with Crippen molar-refractivity contribution in [1.82, 2.24) is 14.9 Å². The zero-order valence-electron chi connectivity index (χ0n) is 8.75. The van der Waals surface area contributed by atoms with E-state index in [1.165, 1.54) is 12.1 Å². The molecule has 0 aliphatic heterocycles. The molecule has 1 heterocycles. The van der Waals surface area contributed by atoms with Crippen LogP contribution in [0.1, 0.15) is 38.4 Å². The quantitative estimate of drug-likeness (QED) is 0.751. The van der Waals surface area contributed by atoms with E-state index in [-0.39, 0.29) is 0 Å². The molecule has 0 aliphatic rings. The Hall–Kier alpha value is -0.830. The fourth-order valence-corrected chi connectivity index (χ4v) is 1.48. The summed E-state index contributed by atoms with van der Waals surface area (Å²) < 4.78 is 2.08. The highest BCUT2D eigenvalue weighted by Gasteiger charge is 2.10. The van der Waals surface area contributed by atoms with E-state index in [1.807, 2.05) is 19.6 Å². The first-order valence-electron chi connectivity index (χ1n) is 4.99. The normalized spacial score (nSPS) is 13.2. The molecule has 0 radical (unpaired) electrons. The van der Waals surface area contributed by atoms with Gasteiger partial charge in [0.1, 0.15) is 0 Å². The lowest BCUT2D eigenvalue weighted by Gasteiger charge is -2.16. The molecule has 74 valence electrons. The summed E-state index contributed by atoms with van der Waals surface area (Å²) in [7, 11) is 2.04. The zero-order chi connectivity index (χ0) is 9.68. The summed E-state index contributed by atoms with van der Waals surface area (Å²) in [4.78, 5) is 4.12. The summed E-state index contributed by atoms with van der Waals surface area (Å²) in [5.74, 6) is 0. The smallest absolute Gasteiger partial charge is 0.0946 e. The number of hydrogen-bond donors (Lipinski definition) is 1. The number of nitrogens with zero attached hydrogens (tertiary/aromatic N) is 2. The van der Waals surface area contributed by atoms with Gasteiger partial charge in [-0.25, -0.2) is 4.98 Å². The van der Waals surface area contributed by atoms with Gasteiger partial charge in [0, 0.05) is 19.3 Å². The first kappa shape index (κ1) is 10.3. The van der Waals surface area contributed by atoms with Crippen LogP contribution in [-0.2, 0) is 7.05 Å². The van der Waals surface area contributed by atoms with Crippen LogP contribution in [0, 0.1) is 0 Å². The molecular weight excluding hydrogens is 162 g/mol. The van der Waals surface area contributed by atoms with E-state index in [2.05, 4.69) is 28.7 Å². The van der Waals surface area contributed by atoms with Crippen LogP contribution >= 0.6 is 0 Å². The van der Waals surface area contributed by atoms with Crippen molar-refractivity contribution in [3.8, 4) is 0 Å². The van der Waals surface area contributed by atoms with Gasteiger partial charge in [0.15, 0.2) is 0 Å². The maximum Gasteiger partial charge on any atom is 0.0946 e. The second-order valence-corrected chi connectivity index (χ2v) is 3.34. The summed E-state index contributed by atoms with van der Waals surface area (Å²) in [5, 5.41) is 3.50. The van der Waals surface area contributed by atoms with Crippen molar-refractivity contribution in [3.05, 3.63) is 18.2 Å². The van der Waals surface area contributed by atoms with Crippen LogP contribution in [0.15, 0.2) is 12.5 Å². The van der Waals surface area contributed by atoms with Crippen molar-refractivity contribution in [1.29, 1.82) is 0 Å². The summed E-state index contributed by atoms with van der Waals surface area (Å²) in [6.07, 6.45) is 6.08. The Balaban J connectivity index is 2.61. The second-order valence-electron chi connectivity index (χ2n) is 3.34. The largest absolute Gasteiger partial charge is 0.336 e. The number of nitrogens with one attached hydrogen (secondary N) is 1. The molecule has 1 aromatic heterocycles. The monoisotopic (exact) mass is 181 g/mol. The molecule has 0 aromatic carbocycles. The van der Waals surface area contributed by atoms with Gasteiger partial charge >= 0.3 is 0 Å². The van der Waals surface area contributed by atoms with E-state index in [1.54, 1.807) is 0 Å². The van der Waals surface area contributed by atoms with Gasteiger partial charge in [-0.15, -0.1) is 0 Å². The Kier molecular flexibility index (Phi) is 3.96. The van der Waals surface area contributed by atoms with Crippen LogP contribution in [0.25, 0.3) is 0 Å². The average molecular weight is 181 g/mol. The van der Waals surface area contributed by atoms with Crippen LogP contribution in [0.3, 0.4) is 0 Å². The van der Waals surface area contributed by atoms with Gasteiger partial charge in [0.05, 0.1) is 12.0 Å². The van der Waals surface area contributed by atoms with Crippen LogP contribution < -0.4 is 5.32 Å². The third-order valence-corrected chi connectivity index (χ3v) is 2.26. The van der Waals surface area contributed by atoms with E-state index in [4.69, 9.17) is 0 Å². The Labute approximate surface area is 80.2 Å². The first-order valence-corrected chi connectivity index (χ1v) is 4.99. The highest BCUT2D eigenvalue weighted by Crippen LogP contribution is 2.14. The molecule has 0 saturated heterocycles. The van der Waals surface area contributed by atoms with Gasteiger partial charge in [-0.1, -0.05) is 13.8 Å². The molecule has 3 nitrogen and oxygen atoms in total. The van der Waals surface area contributed by atoms with E-state index in [9.17, 15) is 0 Å². The van der Waals surface area contributed by atoms with Gasteiger partial charge in [0.25, 0.3) is 0 Å². The predicted molar refractivity (Wildman–Crippen MR) is 54.5 cm³/mol. The van der Waals surface area contributed by atoms with Gasteiger partial charge < -0.3 is 9.88 Å². The second kappa shape index (κ2) is 5.02. The molecule has 1 unspecified atom stereocenters. The summed E-state index contributed by atoms with van der Waals surface area (Å²) in [6, 6.07) is 0.451. The van der Waals surface area contributed by atoms with Gasteiger partial charge in [-0.2, -0.15) is 0 Å². The van der Waals surface area contributed by atoms with Crippen LogP contribution in [0.5, 0.6) is 0 Å². The van der Waals surface area contributed by atoms with Crippen LogP contribution in [-0.4, -0.2) is 16.1 Å². The molecule has 0 bridgehead atoms. The topological polar surface area (TPSA) is 29.9 Å². The van der Waals surface area contributed by atoms with E-state index in [0.29, 0.717) is 6.04 Å². The molecule has 1 N–H and O–H groups in total. The third-order valence-electron chi connectivity index (χ3n) is 2.26.